The van der Waals surface area contributed by atoms with Gasteiger partial charge in [0.15, 0.2) is 0 Å². The van der Waals surface area contributed by atoms with Crippen LogP contribution in [0, 0.1) is 11.8 Å². The Labute approximate surface area is 187 Å². The molecule has 5 nitrogen and oxygen atoms in total. The van der Waals surface area contributed by atoms with Gasteiger partial charge in [0.1, 0.15) is 11.4 Å². The lowest BCUT2D eigenvalue weighted by Crippen LogP contribution is -2.55. The molecule has 0 bridgehead atoms. The van der Waals surface area contributed by atoms with Crippen molar-refractivity contribution >= 4 is 17.6 Å². The highest BCUT2D eigenvalue weighted by Gasteiger charge is 2.51. The normalized spacial score (nSPS) is 29.3. The molecule has 0 saturated carbocycles. The first-order valence-corrected chi connectivity index (χ1v) is 11.4. The van der Waals surface area contributed by atoms with Crippen LogP contribution >= 0.6 is 11.6 Å². The van der Waals surface area contributed by atoms with Gasteiger partial charge in [-0.2, -0.15) is 0 Å². The van der Waals surface area contributed by atoms with Crippen LogP contribution in [-0.2, 0) is 11.3 Å². The monoisotopic (exact) mass is 441 g/mol. The van der Waals surface area contributed by atoms with Gasteiger partial charge in [0.05, 0.1) is 17.8 Å². The number of carbonyl (C=O) groups is 1. The molecule has 1 N–H and O–H groups in total. The summed E-state index contributed by atoms with van der Waals surface area (Å²) < 4.78 is 13.1. The number of benzene rings is 2. The molecule has 0 aliphatic carbocycles. The zero-order chi connectivity index (χ0) is 21.8. The Hall–Kier alpha value is -2.08. The summed E-state index contributed by atoms with van der Waals surface area (Å²) in [7, 11) is 0. The van der Waals surface area contributed by atoms with E-state index in [1.54, 1.807) is 12.1 Å². The molecule has 2 aromatic rings. The largest absolute Gasteiger partial charge is 0.487 e. The van der Waals surface area contributed by atoms with Crippen LogP contribution < -0.4 is 4.74 Å². The molecule has 3 aliphatic rings. The van der Waals surface area contributed by atoms with Gasteiger partial charge in [0, 0.05) is 36.1 Å². The Morgan fingerprint density at radius 1 is 1.23 bits per heavy atom. The van der Waals surface area contributed by atoms with E-state index in [0.717, 1.165) is 54.4 Å². The fraction of sp³-hybridized carbons (Fsp3) is 0.480. The molecular formula is C25H28ClNO4. The highest BCUT2D eigenvalue weighted by atomic mass is 35.5. The Kier molecular flexibility index (Phi) is 5.24. The summed E-state index contributed by atoms with van der Waals surface area (Å²) in [5, 5.41) is 9.82. The van der Waals surface area contributed by atoms with Crippen molar-refractivity contribution in [1.82, 2.24) is 4.90 Å². The molecule has 31 heavy (non-hydrogen) atoms. The first-order valence-electron chi connectivity index (χ1n) is 11.0. The van der Waals surface area contributed by atoms with Gasteiger partial charge in [-0.05, 0) is 68.5 Å². The molecule has 2 saturated heterocycles. The molecule has 0 amide bonds. The van der Waals surface area contributed by atoms with Crippen LogP contribution in [0.5, 0.6) is 5.75 Å². The van der Waals surface area contributed by atoms with Gasteiger partial charge in [-0.25, -0.2) is 4.79 Å². The van der Waals surface area contributed by atoms with E-state index in [2.05, 4.69) is 18.7 Å². The van der Waals surface area contributed by atoms with E-state index in [1.165, 1.54) is 0 Å². The SMILES string of the molecule is CC1(C)Oc2ccc(Cl)cc2[C@@H]2O[C@@H]3CCN(Cc4ccc(C(=O)O)cc4)C[C@H]3C[C@H]21. The zero-order valence-electron chi connectivity index (χ0n) is 17.9. The highest BCUT2D eigenvalue weighted by Crippen LogP contribution is 2.53. The number of ether oxygens (including phenoxy) is 2. The van der Waals surface area contributed by atoms with E-state index in [9.17, 15) is 4.79 Å². The number of likely N-dealkylation sites (tertiary alicyclic amines) is 1. The van der Waals surface area contributed by atoms with Crippen molar-refractivity contribution in [2.75, 3.05) is 13.1 Å². The highest BCUT2D eigenvalue weighted by molar-refractivity contribution is 6.30. The molecule has 0 radical (unpaired) electrons. The summed E-state index contributed by atoms with van der Waals surface area (Å²) in [5.41, 5.74) is 2.25. The maximum atomic E-state index is 11.1. The van der Waals surface area contributed by atoms with E-state index in [0.29, 0.717) is 11.5 Å². The number of halogens is 1. The van der Waals surface area contributed by atoms with Crippen molar-refractivity contribution in [3.05, 3.63) is 64.2 Å². The summed E-state index contributed by atoms with van der Waals surface area (Å²) in [5.74, 6) is 0.726. The fourth-order valence-electron chi connectivity index (χ4n) is 5.51. The topological polar surface area (TPSA) is 59.0 Å². The lowest BCUT2D eigenvalue weighted by Gasteiger charge is -2.53. The number of nitrogens with zero attached hydrogens (tertiary/aromatic N) is 1. The maximum Gasteiger partial charge on any atom is 0.335 e. The van der Waals surface area contributed by atoms with Crippen LogP contribution in [0.3, 0.4) is 0 Å². The predicted molar refractivity (Wildman–Crippen MR) is 119 cm³/mol. The molecule has 3 aliphatic heterocycles. The number of aromatic carboxylic acids is 1. The number of fused-ring (bicyclic) bond motifs is 4. The van der Waals surface area contributed by atoms with Crippen LogP contribution in [0.4, 0.5) is 0 Å². The Bertz CT molecular complexity index is 990. The lowest BCUT2D eigenvalue weighted by atomic mass is 9.70. The van der Waals surface area contributed by atoms with Crippen LogP contribution in [-0.4, -0.2) is 40.8 Å². The zero-order valence-corrected chi connectivity index (χ0v) is 18.6. The third kappa shape index (κ3) is 3.95. The summed E-state index contributed by atoms with van der Waals surface area (Å²) in [6, 6.07) is 13.0. The van der Waals surface area contributed by atoms with Gasteiger partial charge in [0.25, 0.3) is 0 Å². The molecule has 0 aromatic heterocycles. The molecular weight excluding hydrogens is 414 g/mol. The number of piperidine rings is 1. The average molecular weight is 442 g/mol. The first kappa shape index (κ1) is 20.8. The first-order chi connectivity index (χ1) is 14.8. The quantitative estimate of drug-likeness (QED) is 0.711. The van der Waals surface area contributed by atoms with Gasteiger partial charge in [-0.3, -0.25) is 4.90 Å². The Morgan fingerprint density at radius 2 is 2.00 bits per heavy atom. The van der Waals surface area contributed by atoms with Gasteiger partial charge >= 0.3 is 5.97 Å². The molecule has 0 unspecified atom stereocenters. The maximum absolute atomic E-state index is 11.1. The van der Waals surface area contributed by atoms with Crippen LogP contribution in [0.1, 0.15) is 54.3 Å². The van der Waals surface area contributed by atoms with E-state index in [1.807, 2.05) is 30.3 Å². The van der Waals surface area contributed by atoms with Gasteiger partial charge in [-0.15, -0.1) is 0 Å². The minimum absolute atomic E-state index is 0.0220. The molecule has 164 valence electrons. The molecule has 0 spiro atoms. The average Bonchev–Trinajstić information content (AvgIpc) is 2.74. The summed E-state index contributed by atoms with van der Waals surface area (Å²) >= 11 is 6.29. The smallest absolute Gasteiger partial charge is 0.335 e. The Morgan fingerprint density at radius 3 is 2.74 bits per heavy atom. The number of hydrogen-bond acceptors (Lipinski definition) is 4. The molecule has 3 heterocycles. The molecule has 2 aromatic carbocycles. The van der Waals surface area contributed by atoms with Crippen molar-refractivity contribution in [1.29, 1.82) is 0 Å². The van der Waals surface area contributed by atoms with Crippen molar-refractivity contribution < 1.29 is 19.4 Å². The van der Waals surface area contributed by atoms with Crippen LogP contribution in [0.15, 0.2) is 42.5 Å². The minimum atomic E-state index is -0.888. The van der Waals surface area contributed by atoms with Gasteiger partial charge in [0.2, 0.25) is 0 Å². The number of hydrogen-bond donors (Lipinski definition) is 1. The van der Waals surface area contributed by atoms with Crippen molar-refractivity contribution in [2.24, 2.45) is 11.8 Å². The lowest BCUT2D eigenvalue weighted by molar-refractivity contribution is -0.187. The summed E-state index contributed by atoms with van der Waals surface area (Å²) in [6.07, 6.45) is 2.32. The number of rotatable bonds is 3. The van der Waals surface area contributed by atoms with Crippen molar-refractivity contribution in [3.63, 3.8) is 0 Å². The standard InChI is InChI=1S/C25H28ClNO4/c1-25(2)20-11-17-14-27(13-15-3-5-16(6-4-15)24(28)29)10-9-21(17)30-23(20)19-12-18(26)7-8-22(19)31-25/h3-8,12,17,20-21,23H,9-11,13-14H2,1-2H3,(H,28,29)/t17-,20-,21-,23+/m1/s1. The van der Waals surface area contributed by atoms with E-state index in [4.69, 9.17) is 26.2 Å². The second kappa shape index (κ2) is 7.80. The predicted octanol–water partition coefficient (Wildman–Crippen LogP) is 5.18. The summed E-state index contributed by atoms with van der Waals surface area (Å²) in [6.45, 7) is 7.11. The van der Waals surface area contributed by atoms with E-state index >= 15 is 0 Å². The van der Waals surface area contributed by atoms with Gasteiger partial charge < -0.3 is 14.6 Å². The van der Waals surface area contributed by atoms with Crippen LogP contribution in [0.25, 0.3) is 0 Å². The van der Waals surface area contributed by atoms with E-state index < -0.39 is 5.97 Å². The molecule has 5 rings (SSSR count). The second-order valence-electron chi connectivity index (χ2n) is 9.61. The van der Waals surface area contributed by atoms with Crippen LogP contribution in [0.2, 0.25) is 5.02 Å². The number of carboxylic acids is 1. The fourth-order valence-corrected chi connectivity index (χ4v) is 5.69. The van der Waals surface area contributed by atoms with Crippen molar-refractivity contribution in [3.8, 4) is 5.75 Å². The minimum Gasteiger partial charge on any atom is -0.487 e. The third-order valence-corrected chi connectivity index (χ3v) is 7.38. The van der Waals surface area contributed by atoms with E-state index in [-0.39, 0.29) is 23.7 Å². The molecule has 4 atom stereocenters. The van der Waals surface area contributed by atoms with Gasteiger partial charge in [-0.1, -0.05) is 23.7 Å². The molecule has 6 heteroatoms. The summed E-state index contributed by atoms with van der Waals surface area (Å²) in [4.78, 5) is 13.5. The van der Waals surface area contributed by atoms with Crippen molar-refractivity contribution in [2.45, 2.75) is 51.0 Å². The second-order valence-corrected chi connectivity index (χ2v) is 10.0. The third-order valence-electron chi connectivity index (χ3n) is 7.14. The Balaban J connectivity index is 1.31. The molecule has 2 fully saturated rings. The number of carboxylic acid groups (broad SMARTS) is 1.